The number of rotatable bonds is 7. The number of phenols is 1. The van der Waals surface area contributed by atoms with Crippen LogP contribution in [0.2, 0.25) is 0 Å². The van der Waals surface area contributed by atoms with E-state index < -0.39 is 0 Å². The number of carbonyl (C=O) groups is 1. The molecule has 0 aliphatic carbocycles. The average Bonchev–Trinajstić information content (AvgIpc) is 3.32. The van der Waals surface area contributed by atoms with E-state index in [0.717, 1.165) is 69.8 Å². The lowest BCUT2D eigenvalue weighted by molar-refractivity contribution is -0.130. The van der Waals surface area contributed by atoms with Crippen LogP contribution in [0.1, 0.15) is 56.2 Å². The third-order valence-electron chi connectivity index (χ3n) is 8.61. The predicted octanol–water partition coefficient (Wildman–Crippen LogP) is 4.29. The van der Waals surface area contributed by atoms with Crippen LogP contribution in [0, 0.1) is 18.7 Å². The molecule has 1 aromatic heterocycles. The maximum absolute atomic E-state index is 15.4. The first-order valence-corrected chi connectivity index (χ1v) is 14.6. The number of aromatic nitrogens is 3. The number of aromatic hydroxyl groups is 2. The van der Waals surface area contributed by atoms with Gasteiger partial charge in [-0.2, -0.15) is 0 Å². The maximum Gasteiger partial charge on any atom is 0.319 e. The van der Waals surface area contributed by atoms with Crippen LogP contribution in [0.25, 0.3) is 17.1 Å². The number of phenolic OH excluding ortho intramolecular Hbond substituents is 1. The number of benzene rings is 2. The molecule has 2 saturated heterocycles. The summed E-state index contributed by atoms with van der Waals surface area (Å²) in [7, 11) is 0. The van der Waals surface area contributed by atoms with E-state index in [1.807, 2.05) is 31.7 Å². The summed E-state index contributed by atoms with van der Waals surface area (Å²) < 4.78 is 16.8. The molecule has 0 spiro atoms. The van der Waals surface area contributed by atoms with Crippen LogP contribution < -0.4 is 0 Å². The fourth-order valence-electron chi connectivity index (χ4n) is 6.07. The van der Waals surface area contributed by atoms with E-state index in [0.29, 0.717) is 35.1 Å². The number of piperidine rings is 1. The van der Waals surface area contributed by atoms with Crippen molar-refractivity contribution in [1.82, 2.24) is 29.5 Å². The summed E-state index contributed by atoms with van der Waals surface area (Å²) in [5, 5.41) is 29.0. The van der Waals surface area contributed by atoms with Crippen molar-refractivity contribution in [3.05, 3.63) is 52.8 Å². The Balaban J connectivity index is 1.24. The lowest BCUT2D eigenvalue weighted by Gasteiger charge is -2.38. The summed E-state index contributed by atoms with van der Waals surface area (Å²) in [4.78, 5) is 18.3. The van der Waals surface area contributed by atoms with Crippen molar-refractivity contribution in [2.45, 2.75) is 53.0 Å². The van der Waals surface area contributed by atoms with Crippen molar-refractivity contribution >= 4 is 5.91 Å². The third-order valence-corrected chi connectivity index (χ3v) is 8.61. The van der Waals surface area contributed by atoms with Gasteiger partial charge in [0.2, 0.25) is 5.91 Å². The second-order valence-corrected chi connectivity index (χ2v) is 11.8. The molecule has 0 atom stereocenters. The zero-order chi connectivity index (χ0) is 29.3. The number of amides is 1. The van der Waals surface area contributed by atoms with Crippen molar-refractivity contribution in [3.63, 3.8) is 0 Å². The number of likely N-dealkylation sites (tertiary alicyclic amines) is 1. The molecule has 2 aliphatic rings. The highest BCUT2D eigenvalue weighted by molar-refractivity contribution is 5.73. The number of hydrogen-bond donors (Lipinski definition) is 2. The van der Waals surface area contributed by atoms with Gasteiger partial charge < -0.3 is 20.0 Å². The van der Waals surface area contributed by atoms with Crippen molar-refractivity contribution in [3.8, 4) is 28.8 Å². The smallest absolute Gasteiger partial charge is 0.319 e. The molecule has 41 heavy (non-hydrogen) atoms. The van der Waals surface area contributed by atoms with E-state index in [-0.39, 0.29) is 29.4 Å². The molecule has 0 unspecified atom stereocenters. The first-order chi connectivity index (χ1) is 19.6. The van der Waals surface area contributed by atoms with Gasteiger partial charge in [-0.1, -0.05) is 25.0 Å². The zero-order valence-corrected chi connectivity index (χ0v) is 24.5. The van der Waals surface area contributed by atoms with E-state index >= 15 is 4.39 Å². The van der Waals surface area contributed by atoms with Crippen molar-refractivity contribution < 1.29 is 19.4 Å². The second kappa shape index (κ2) is 12.2. The van der Waals surface area contributed by atoms with Crippen molar-refractivity contribution in [2.75, 3.05) is 45.8 Å². The standard InChI is InChI=1S/C31H41FN6O3/c1-20(2)26-17-27(21(3)15-29(26)40)30-33-34-31(41)38(30)25-6-5-24(28(32)16-25)19-36-13-11-35(12-14-36)18-23-7-9-37(10-8-23)22(4)39/h5-6,15-17,20,23,40H,7-14,18-19H2,1-4H3,(H,34,41). The molecule has 2 N–H and O–H groups in total. The van der Waals surface area contributed by atoms with Gasteiger partial charge in [-0.25, -0.2) is 8.96 Å². The van der Waals surface area contributed by atoms with Crippen LogP contribution in [0.5, 0.6) is 11.8 Å². The molecule has 2 fully saturated rings. The largest absolute Gasteiger partial charge is 0.508 e. The van der Waals surface area contributed by atoms with Gasteiger partial charge in [-0.05, 0) is 67.0 Å². The Morgan fingerprint density at radius 2 is 1.68 bits per heavy atom. The first kappa shape index (κ1) is 29.0. The molecule has 2 aliphatic heterocycles. The van der Waals surface area contributed by atoms with Crippen molar-refractivity contribution in [1.29, 1.82) is 0 Å². The number of hydrogen-bond acceptors (Lipinski definition) is 7. The highest BCUT2D eigenvalue weighted by Crippen LogP contribution is 2.35. The fraction of sp³-hybridized carbons (Fsp3) is 0.516. The van der Waals surface area contributed by atoms with Crippen LogP contribution in [0.3, 0.4) is 0 Å². The molecular weight excluding hydrogens is 523 g/mol. The molecule has 0 saturated carbocycles. The normalized spacial score (nSPS) is 17.5. The van der Waals surface area contributed by atoms with Gasteiger partial charge in [0, 0.05) is 70.4 Å². The molecule has 2 aromatic carbocycles. The fourth-order valence-corrected chi connectivity index (χ4v) is 6.07. The van der Waals surface area contributed by atoms with Crippen molar-refractivity contribution in [2.24, 2.45) is 5.92 Å². The quantitative estimate of drug-likeness (QED) is 0.442. The first-order valence-electron chi connectivity index (χ1n) is 14.6. The average molecular weight is 565 g/mol. The number of piperazine rings is 1. The molecule has 10 heteroatoms. The molecule has 0 radical (unpaired) electrons. The summed E-state index contributed by atoms with van der Waals surface area (Å²) >= 11 is 0. The Morgan fingerprint density at radius 3 is 2.32 bits per heavy atom. The Kier molecular flexibility index (Phi) is 8.60. The van der Waals surface area contributed by atoms with E-state index in [4.69, 9.17) is 0 Å². The third kappa shape index (κ3) is 6.38. The van der Waals surface area contributed by atoms with E-state index in [2.05, 4.69) is 20.0 Å². The van der Waals surface area contributed by atoms with Crippen LogP contribution in [0.15, 0.2) is 30.3 Å². The minimum atomic E-state index is -0.341. The minimum Gasteiger partial charge on any atom is -0.508 e. The van der Waals surface area contributed by atoms with Gasteiger partial charge in [0.25, 0.3) is 0 Å². The Morgan fingerprint density at radius 1 is 1.00 bits per heavy atom. The molecule has 1 amide bonds. The maximum atomic E-state index is 15.4. The lowest BCUT2D eigenvalue weighted by Crippen LogP contribution is -2.48. The molecule has 5 rings (SSSR count). The second-order valence-electron chi connectivity index (χ2n) is 11.8. The van der Waals surface area contributed by atoms with Gasteiger partial charge in [0.15, 0.2) is 5.82 Å². The predicted molar refractivity (Wildman–Crippen MR) is 156 cm³/mol. The number of nitrogens with zero attached hydrogens (tertiary/aromatic N) is 6. The van der Waals surface area contributed by atoms with Gasteiger partial charge in [-0.3, -0.25) is 9.69 Å². The van der Waals surface area contributed by atoms with Gasteiger partial charge in [-0.15, -0.1) is 5.10 Å². The van der Waals surface area contributed by atoms with E-state index in [1.165, 1.54) is 10.6 Å². The summed E-state index contributed by atoms with van der Waals surface area (Å²) in [6.07, 6.45) is 2.12. The molecular formula is C31H41FN6O3. The van der Waals surface area contributed by atoms with Crippen LogP contribution >= 0.6 is 0 Å². The molecule has 9 nitrogen and oxygen atoms in total. The Hall–Kier alpha value is -3.50. The van der Waals surface area contributed by atoms with E-state index in [1.54, 1.807) is 25.1 Å². The zero-order valence-electron chi connectivity index (χ0n) is 24.5. The highest BCUT2D eigenvalue weighted by Gasteiger charge is 2.25. The monoisotopic (exact) mass is 564 g/mol. The molecule has 3 aromatic rings. The Labute approximate surface area is 241 Å². The number of carbonyl (C=O) groups excluding carboxylic acids is 1. The molecule has 0 bridgehead atoms. The number of halogens is 1. The molecule has 3 heterocycles. The Bertz CT molecular complexity index is 1390. The number of aryl methyl sites for hydroxylation is 1. The molecule has 220 valence electrons. The summed E-state index contributed by atoms with van der Waals surface area (Å²) in [5.74, 6) is 1.14. The minimum absolute atomic E-state index is 0.0869. The topological polar surface area (TPSA) is 98.0 Å². The summed E-state index contributed by atoms with van der Waals surface area (Å²) in [6, 6.07) is 8.19. The SMILES string of the molecule is CC(=O)N1CCC(CN2CCN(Cc3ccc(-n4c(O)nnc4-c4cc(C(C)C)c(O)cc4C)cc3F)CC2)CC1. The highest BCUT2D eigenvalue weighted by atomic mass is 19.1. The summed E-state index contributed by atoms with van der Waals surface area (Å²) in [5.41, 5.74) is 3.29. The van der Waals surface area contributed by atoms with Crippen LogP contribution in [0.4, 0.5) is 4.39 Å². The summed E-state index contributed by atoms with van der Waals surface area (Å²) in [6.45, 7) is 14.4. The van der Waals surface area contributed by atoms with E-state index in [9.17, 15) is 15.0 Å². The van der Waals surface area contributed by atoms with Gasteiger partial charge >= 0.3 is 6.01 Å². The van der Waals surface area contributed by atoms with Crippen LogP contribution in [-0.4, -0.2) is 91.4 Å². The van der Waals surface area contributed by atoms with Crippen LogP contribution in [-0.2, 0) is 11.3 Å². The van der Waals surface area contributed by atoms with Gasteiger partial charge in [0.1, 0.15) is 11.6 Å². The van der Waals surface area contributed by atoms with Gasteiger partial charge in [0.05, 0.1) is 5.69 Å². The lowest BCUT2D eigenvalue weighted by atomic mass is 9.96.